The molecule has 2 aliphatic heterocycles. The van der Waals surface area contributed by atoms with Crippen molar-refractivity contribution < 1.29 is 4.74 Å². The molecule has 1 aromatic heterocycles. The summed E-state index contributed by atoms with van der Waals surface area (Å²) in [6.07, 6.45) is 4.32. The summed E-state index contributed by atoms with van der Waals surface area (Å²) in [6, 6.07) is 0. The quantitative estimate of drug-likeness (QED) is 0.796. The minimum atomic E-state index is 0.311. The van der Waals surface area contributed by atoms with E-state index >= 15 is 0 Å². The molecule has 0 amide bonds. The number of ether oxygens (including phenoxy) is 1. The smallest absolute Gasteiger partial charge is 0.153 e. The van der Waals surface area contributed by atoms with Crippen molar-refractivity contribution in [1.29, 1.82) is 0 Å². The molecule has 2 fully saturated rings. The number of nitrogens with two attached hydrogens (primary N) is 1. The minimum Gasteiger partial charge on any atom is -0.382 e. The van der Waals surface area contributed by atoms with Crippen LogP contribution in [0.4, 0.5) is 11.6 Å². The van der Waals surface area contributed by atoms with Crippen molar-refractivity contribution in [3.8, 4) is 0 Å². The fourth-order valence-corrected chi connectivity index (χ4v) is 2.60. The van der Waals surface area contributed by atoms with Crippen LogP contribution in [0.5, 0.6) is 0 Å². The van der Waals surface area contributed by atoms with Crippen LogP contribution in [0.15, 0.2) is 6.33 Å². The van der Waals surface area contributed by atoms with Crippen LogP contribution in [-0.2, 0) is 4.74 Å². The average molecular weight is 241 g/mol. The molecule has 5 nitrogen and oxygen atoms in total. The predicted octanol–water partition coefficient (Wildman–Crippen LogP) is 1.08. The Morgan fingerprint density at radius 1 is 1.31 bits per heavy atom. The topological polar surface area (TPSA) is 64.3 Å². The standard InChI is InChI=1S/C10H13ClN4O/c11-8-9(12)13-5-14-10(8)15-3-6-1-2-7(4-15)16-6/h5-7H,1-4H2,(H2,12,13,14). The number of morpholine rings is 1. The van der Waals surface area contributed by atoms with Crippen LogP contribution in [0.3, 0.4) is 0 Å². The van der Waals surface area contributed by atoms with Crippen LogP contribution in [0.25, 0.3) is 0 Å². The maximum absolute atomic E-state index is 6.11. The van der Waals surface area contributed by atoms with Gasteiger partial charge < -0.3 is 15.4 Å². The van der Waals surface area contributed by atoms with E-state index in [2.05, 4.69) is 14.9 Å². The van der Waals surface area contributed by atoms with Crippen LogP contribution in [0, 0.1) is 0 Å². The van der Waals surface area contributed by atoms with Crippen molar-refractivity contribution in [2.24, 2.45) is 0 Å². The molecule has 0 saturated carbocycles. The molecule has 1 aromatic rings. The number of fused-ring (bicyclic) bond motifs is 2. The molecule has 2 N–H and O–H groups in total. The third-order valence-electron chi connectivity index (χ3n) is 3.14. The predicted molar refractivity (Wildman–Crippen MR) is 61.6 cm³/mol. The van der Waals surface area contributed by atoms with Gasteiger partial charge in [0.15, 0.2) is 5.82 Å². The van der Waals surface area contributed by atoms with Gasteiger partial charge in [0, 0.05) is 13.1 Å². The monoisotopic (exact) mass is 240 g/mol. The fourth-order valence-electron chi connectivity index (χ4n) is 2.38. The Kier molecular flexibility index (Phi) is 2.37. The Bertz CT molecular complexity index is 402. The van der Waals surface area contributed by atoms with E-state index in [0.29, 0.717) is 23.0 Å². The summed E-state index contributed by atoms with van der Waals surface area (Å²) < 4.78 is 5.76. The maximum Gasteiger partial charge on any atom is 0.153 e. The van der Waals surface area contributed by atoms with Crippen LogP contribution < -0.4 is 10.6 Å². The fraction of sp³-hybridized carbons (Fsp3) is 0.600. The van der Waals surface area contributed by atoms with Gasteiger partial charge in [0.2, 0.25) is 0 Å². The Labute approximate surface area is 98.6 Å². The molecule has 2 atom stereocenters. The summed E-state index contributed by atoms with van der Waals surface area (Å²) in [4.78, 5) is 10.2. The molecule has 2 unspecified atom stereocenters. The number of halogens is 1. The van der Waals surface area contributed by atoms with Gasteiger partial charge in [-0.3, -0.25) is 0 Å². The van der Waals surface area contributed by atoms with E-state index in [-0.39, 0.29) is 0 Å². The van der Waals surface area contributed by atoms with E-state index < -0.39 is 0 Å². The first kappa shape index (κ1) is 10.1. The van der Waals surface area contributed by atoms with E-state index in [1.807, 2.05) is 0 Å². The molecule has 0 spiro atoms. The highest BCUT2D eigenvalue weighted by Gasteiger charge is 2.35. The Balaban J connectivity index is 1.89. The Morgan fingerprint density at radius 2 is 2.00 bits per heavy atom. The average Bonchev–Trinajstić information content (AvgIpc) is 2.62. The third kappa shape index (κ3) is 1.60. The zero-order valence-electron chi connectivity index (χ0n) is 8.77. The highest BCUT2D eigenvalue weighted by molar-refractivity contribution is 6.35. The molecular weight excluding hydrogens is 228 g/mol. The van der Waals surface area contributed by atoms with Gasteiger partial charge in [0.05, 0.1) is 12.2 Å². The number of nitrogen functional groups attached to an aromatic ring is 1. The van der Waals surface area contributed by atoms with Gasteiger partial charge in [-0.2, -0.15) is 0 Å². The lowest BCUT2D eigenvalue weighted by molar-refractivity contribution is 0.0302. The van der Waals surface area contributed by atoms with Gasteiger partial charge in [0.25, 0.3) is 0 Å². The van der Waals surface area contributed by atoms with Crippen molar-refractivity contribution in [2.75, 3.05) is 23.7 Å². The minimum absolute atomic E-state index is 0.311. The van der Waals surface area contributed by atoms with E-state index in [9.17, 15) is 0 Å². The van der Waals surface area contributed by atoms with E-state index in [0.717, 1.165) is 31.7 Å². The van der Waals surface area contributed by atoms with Crippen molar-refractivity contribution in [1.82, 2.24) is 9.97 Å². The molecule has 3 heterocycles. The number of hydrogen-bond acceptors (Lipinski definition) is 5. The van der Waals surface area contributed by atoms with Crippen molar-refractivity contribution in [2.45, 2.75) is 25.0 Å². The molecule has 2 saturated heterocycles. The highest BCUT2D eigenvalue weighted by atomic mass is 35.5. The molecule has 0 aromatic carbocycles. The van der Waals surface area contributed by atoms with Gasteiger partial charge >= 0.3 is 0 Å². The molecule has 16 heavy (non-hydrogen) atoms. The van der Waals surface area contributed by atoms with E-state index in [4.69, 9.17) is 22.1 Å². The van der Waals surface area contributed by atoms with Gasteiger partial charge in [-0.05, 0) is 12.8 Å². The van der Waals surface area contributed by atoms with Crippen LogP contribution in [-0.4, -0.2) is 35.3 Å². The third-order valence-corrected chi connectivity index (χ3v) is 3.50. The Hall–Kier alpha value is -1.07. The SMILES string of the molecule is Nc1ncnc(N2CC3CCC(C2)O3)c1Cl. The lowest BCUT2D eigenvalue weighted by Gasteiger charge is -2.33. The summed E-state index contributed by atoms with van der Waals surface area (Å²) in [6.45, 7) is 1.68. The number of aromatic nitrogens is 2. The molecule has 6 heteroatoms. The maximum atomic E-state index is 6.11. The first-order valence-corrected chi connectivity index (χ1v) is 5.78. The van der Waals surface area contributed by atoms with Crippen LogP contribution >= 0.6 is 11.6 Å². The van der Waals surface area contributed by atoms with E-state index in [1.54, 1.807) is 0 Å². The van der Waals surface area contributed by atoms with Crippen LogP contribution in [0.2, 0.25) is 5.02 Å². The van der Waals surface area contributed by atoms with Gasteiger partial charge in [-0.1, -0.05) is 11.6 Å². The summed E-state index contributed by atoms with van der Waals surface area (Å²) in [7, 11) is 0. The first-order chi connectivity index (χ1) is 7.74. The van der Waals surface area contributed by atoms with E-state index in [1.165, 1.54) is 6.33 Å². The summed E-state index contributed by atoms with van der Waals surface area (Å²) in [5.41, 5.74) is 5.67. The second kappa shape index (κ2) is 3.75. The second-order valence-electron chi connectivity index (χ2n) is 4.26. The highest BCUT2D eigenvalue weighted by Crippen LogP contribution is 2.33. The van der Waals surface area contributed by atoms with Crippen molar-refractivity contribution in [3.63, 3.8) is 0 Å². The second-order valence-corrected chi connectivity index (χ2v) is 4.64. The molecule has 2 bridgehead atoms. The zero-order chi connectivity index (χ0) is 11.1. The molecule has 3 rings (SSSR count). The molecule has 0 aliphatic carbocycles. The van der Waals surface area contributed by atoms with Crippen molar-refractivity contribution >= 4 is 23.2 Å². The summed E-state index contributed by atoms with van der Waals surface area (Å²) in [5.74, 6) is 1.07. The van der Waals surface area contributed by atoms with Gasteiger partial charge in [-0.15, -0.1) is 0 Å². The zero-order valence-corrected chi connectivity index (χ0v) is 9.52. The number of nitrogens with zero attached hydrogens (tertiary/aromatic N) is 3. The van der Waals surface area contributed by atoms with Crippen LogP contribution in [0.1, 0.15) is 12.8 Å². The number of rotatable bonds is 1. The van der Waals surface area contributed by atoms with Gasteiger partial charge in [-0.25, -0.2) is 9.97 Å². The molecule has 2 aliphatic rings. The normalized spacial score (nSPS) is 28.4. The summed E-state index contributed by atoms with van der Waals surface area (Å²) >= 11 is 6.11. The lowest BCUT2D eigenvalue weighted by atomic mass is 10.2. The lowest BCUT2D eigenvalue weighted by Crippen LogP contribution is -2.43. The first-order valence-electron chi connectivity index (χ1n) is 5.40. The Morgan fingerprint density at radius 3 is 2.69 bits per heavy atom. The van der Waals surface area contributed by atoms with Crippen molar-refractivity contribution in [3.05, 3.63) is 11.3 Å². The molecule has 0 radical (unpaired) electrons. The number of hydrogen-bond donors (Lipinski definition) is 1. The summed E-state index contributed by atoms with van der Waals surface area (Å²) in [5, 5.41) is 0.448. The largest absolute Gasteiger partial charge is 0.382 e. The number of anilines is 2. The van der Waals surface area contributed by atoms with Gasteiger partial charge in [0.1, 0.15) is 17.2 Å². The molecule has 86 valence electrons. The molecular formula is C10H13ClN4O.